The summed E-state index contributed by atoms with van der Waals surface area (Å²) in [6.07, 6.45) is 3.75. The second kappa shape index (κ2) is 7.29. The minimum absolute atomic E-state index is 0.374. The van der Waals surface area contributed by atoms with Gasteiger partial charge in [0.2, 0.25) is 0 Å². The third-order valence-corrected chi connectivity index (χ3v) is 6.02. The molecule has 0 spiro atoms. The van der Waals surface area contributed by atoms with Crippen molar-refractivity contribution >= 4 is 29.5 Å². The molecule has 4 rings (SSSR count). The zero-order valence-electron chi connectivity index (χ0n) is 16.4. The second-order valence-corrected chi connectivity index (χ2v) is 7.77. The molecule has 1 aliphatic rings. The van der Waals surface area contributed by atoms with E-state index in [0.717, 1.165) is 32.7 Å². The van der Waals surface area contributed by atoms with Crippen LogP contribution in [0.3, 0.4) is 0 Å². The summed E-state index contributed by atoms with van der Waals surface area (Å²) in [7, 11) is 0. The Hall–Kier alpha value is -3.26. The highest BCUT2D eigenvalue weighted by atomic mass is 32.1. The third kappa shape index (κ3) is 3.05. The summed E-state index contributed by atoms with van der Waals surface area (Å²) in [6, 6.07) is 10.7. The molecule has 0 unspecified atom stereocenters. The lowest BCUT2D eigenvalue weighted by Crippen LogP contribution is -2.43. The molecule has 1 fully saturated rings. The van der Waals surface area contributed by atoms with Gasteiger partial charge in [-0.1, -0.05) is 37.3 Å². The molecule has 8 heteroatoms. The van der Waals surface area contributed by atoms with Gasteiger partial charge < -0.3 is 5.32 Å². The number of aryl methyl sites for hydroxylation is 1. The molecule has 1 saturated heterocycles. The van der Waals surface area contributed by atoms with Gasteiger partial charge in [0, 0.05) is 28.5 Å². The van der Waals surface area contributed by atoms with Crippen LogP contribution in [-0.4, -0.2) is 32.7 Å². The Morgan fingerprint density at radius 3 is 2.66 bits per heavy atom. The van der Waals surface area contributed by atoms with Crippen molar-refractivity contribution < 1.29 is 9.59 Å². The third-order valence-electron chi connectivity index (χ3n) is 5.26. The fourth-order valence-corrected chi connectivity index (χ4v) is 4.44. The molecule has 1 aliphatic heterocycles. The number of carbonyl (C=O) groups excluding carboxylic acids is 2. The van der Waals surface area contributed by atoms with Crippen LogP contribution in [0.25, 0.3) is 5.13 Å². The second-order valence-electron chi connectivity index (χ2n) is 6.89. The van der Waals surface area contributed by atoms with Crippen LogP contribution in [0, 0.1) is 13.8 Å². The number of rotatable bonds is 5. The minimum atomic E-state index is -1.09. The number of imide groups is 1. The average molecular weight is 407 g/mol. The lowest BCUT2D eigenvalue weighted by molar-refractivity contribution is -0.131. The van der Waals surface area contributed by atoms with Crippen molar-refractivity contribution in [1.82, 2.24) is 19.9 Å². The van der Waals surface area contributed by atoms with E-state index in [1.165, 1.54) is 0 Å². The minimum Gasteiger partial charge on any atom is -0.318 e. The molecule has 0 saturated carbocycles. The van der Waals surface area contributed by atoms with Gasteiger partial charge in [0.1, 0.15) is 5.54 Å². The molecule has 3 aromatic rings. The number of carbonyl (C=O) groups is 2. The van der Waals surface area contributed by atoms with Gasteiger partial charge in [-0.15, -0.1) is 16.3 Å². The Bertz CT molecular complexity index is 1090. The monoisotopic (exact) mass is 407 g/mol. The molecule has 0 aliphatic carbocycles. The summed E-state index contributed by atoms with van der Waals surface area (Å²) in [5, 5.41) is 10.8. The topological polar surface area (TPSA) is 79.6 Å². The normalized spacial score (nSPS) is 19.3. The molecule has 1 N–H and O–H groups in total. The van der Waals surface area contributed by atoms with Gasteiger partial charge >= 0.3 is 6.03 Å². The van der Waals surface area contributed by atoms with Gasteiger partial charge in [0.25, 0.3) is 5.91 Å². The van der Waals surface area contributed by atoms with Gasteiger partial charge in [0.15, 0.2) is 5.13 Å². The lowest BCUT2D eigenvalue weighted by atomic mass is 9.87. The predicted octanol–water partition coefficient (Wildman–Crippen LogP) is 3.74. The number of amides is 3. The summed E-state index contributed by atoms with van der Waals surface area (Å²) in [5.41, 5.74) is 2.43. The van der Waals surface area contributed by atoms with Crippen LogP contribution in [0.1, 0.15) is 35.9 Å². The molecular formula is C21H21N5O2S. The van der Waals surface area contributed by atoms with Crippen molar-refractivity contribution in [1.29, 1.82) is 0 Å². The van der Waals surface area contributed by atoms with E-state index < -0.39 is 11.6 Å². The largest absolute Gasteiger partial charge is 0.346 e. The van der Waals surface area contributed by atoms with Gasteiger partial charge in [-0.3, -0.25) is 9.36 Å². The predicted molar refractivity (Wildman–Crippen MR) is 112 cm³/mol. The molecule has 3 heterocycles. The van der Waals surface area contributed by atoms with E-state index in [9.17, 15) is 9.59 Å². The van der Waals surface area contributed by atoms with Crippen LogP contribution < -0.4 is 5.32 Å². The maximum absolute atomic E-state index is 13.1. The van der Waals surface area contributed by atoms with E-state index in [1.54, 1.807) is 23.7 Å². The summed E-state index contributed by atoms with van der Waals surface area (Å²) < 4.78 is 2.03. The number of hydrogen-bond donors (Lipinski definition) is 1. The Kier molecular flexibility index (Phi) is 4.79. The van der Waals surface area contributed by atoms with Crippen molar-refractivity contribution in [3.05, 3.63) is 70.5 Å². The molecule has 0 radical (unpaired) electrons. The van der Waals surface area contributed by atoms with Crippen molar-refractivity contribution in [2.75, 3.05) is 0 Å². The highest BCUT2D eigenvalue weighted by Crippen LogP contribution is 2.32. The maximum Gasteiger partial charge on any atom is 0.346 e. The van der Waals surface area contributed by atoms with Crippen molar-refractivity contribution in [2.24, 2.45) is 5.10 Å². The van der Waals surface area contributed by atoms with Gasteiger partial charge in [-0.05, 0) is 31.9 Å². The van der Waals surface area contributed by atoms with Crippen LogP contribution in [-0.2, 0) is 10.3 Å². The molecule has 0 bridgehead atoms. The van der Waals surface area contributed by atoms with Gasteiger partial charge in [-0.25, -0.2) is 9.78 Å². The number of aromatic nitrogens is 2. The molecule has 29 heavy (non-hydrogen) atoms. The Labute approximate surface area is 172 Å². The van der Waals surface area contributed by atoms with Crippen LogP contribution in [0.15, 0.2) is 53.1 Å². The standard InChI is InChI=1S/C21H21N5O2S/c1-4-21(17-8-6-5-7-9-17)18(27)26(19(28)24-21)23-13-16-12-14(2)25(15(16)3)20-22-10-11-29-20/h5-13H,4H2,1-3H3,(H,24,28)/b23-13-/t21-/m1/s1. The quantitative estimate of drug-likeness (QED) is 0.517. The highest BCUT2D eigenvalue weighted by Gasteiger charge is 2.51. The summed E-state index contributed by atoms with van der Waals surface area (Å²) in [4.78, 5) is 30.1. The van der Waals surface area contributed by atoms with Crippen molar-refractivity contribution in [3.8, 4) is 5.13 Å². The first kappa shape index (κ1) is 19.1. The number of nitrogens with zero attached hydrogens (tertiary/aromatic N) is 4. The molecule has 1 aromatic carbocycles. The number of hydrazone groups is 1. The molecule has 148 valence electrons. The van der Waals surface area contributed by atoms with E-state index in [1.807, 2.05) is 67.1 Å². The molecule has 1 atom stereocenters. The number of urea groups is 1. The smallest absolute Gasteiger partial charge is 0.318 e. The number of benzene rings is 1. The van der Waals surface area contributed by atoms with Gasteiger partial charge in [0.05, 0.1) is 6.21 Å². The number of thiazole rings is 1. The first-order valence-corrected chi connectivity index (χ1v) is 10.2. The van der Waals surface area contributed by atoms with E-state index in [4.69, 9.17) is 0 Å². The molecule has 7 nitrogen and oxygen atoms in total. The van der Waals surface area contributed by atoms with E-state index in [-0.39, 0.29) is 5.91 Å². The first-order valence-electron chi connectivity index (χ1n) is 9.33. The highest BCUT2D eigenvalue weighted by molar-refractivity contribution is 7.12. The van der Waals surface area contributed by atoms with Gasteiger partial charge in [-0.2, -0.15) is 5.10 Å². The Balaban J connectivity index is 1.65. The van der Waals surface area contributed by atoms with Crippen LogP contribution >= 0.6 is 11.3 Å². The fraction of sp³-hybridized carbons (Fsp3) is 0.238. The SMILES string of the molecule is CC[C@]1(c2ccccc2)NC(=O)N(/N=C\c2cc(C)n(-c3nccs3)c2C)C1=O. The van der Waals surface area contributed by atoms with E-state index in [0.29, 0.717) is 6.42 Å². The number of hydrogen-bond acceptors (Lipinski definition) is 5. The average Bonchev–Trinajstić information content (AvgIpc) is 3.40. The van der Waals surface area contributed by atoms with Crippen LogP contribution in [0.5, 0.6) is 0 Å². The van der Waals surface area contributed by atoms with E-state index >= 15 is 0 Å². The Morgan fingerprint density at radius 1 is 1.24 bits per heavy atom. The molecular weight excluding hydrogens is 386 g/mol. The molecule has 3 amide bonds. The summed E-state index contributed by atoms with van der Waals surface area (Å²) in [6.45, 7) is 5.82. The summed E-state index contributed by atoms with van der Waals surface area (Å²) in [5.74, 6) is -0.374. The maximum atomic E-state index is 13.1. The lowest BCUT2D eigenvalue weighted by Gasteiger charge is -2.24. The molecule has 2 aromatic heterocycles. The Morgan fingerprint density at radius 2 is 2.00 bits per heavy atom. The zero-order chi connectivity index (χ0) is 20.6. The van der Waals surface area contributed by atoms with Crippen molar-refractivity contribution in [2.45, 2.75) is 32.7 Å². The van der Waals surface area contributed by atoms with E-state index in [2.05, 4.69) is 15.4 Å². The first-order chi connectivity index (χ1) is 14.0. The van der Waals surface area contributed by atoms with Crippen LogP contribution in [0.2, 0.25) is 0 Å². The zero-order valence-corrected chi connectivity index (χ0v) is 17.2. The summed E-state index contributed by atoms with van der Waals surface area (Å²) >= 11 is 1.54. The van der Waals surface area contributed by atoms with Crippen LogP contribution in [0.4, 0.5) is 4.79 Å². The fourth-order valence-electron chi connectivity index (χ4n) is 3.69. The number of nitrogens with one attached hydrogen (secondary N) is 1. The van der Waals surface area contributed by atoms with Crippen molar-refractivity contribution in [3.63, 3.8) is 0 Å².